The molecular weight excluding hydrogens is 242 g/mol. The number of hydrogen-bond donors (Lipinski definition) is 2. The van der Waals surface area contributed by atoms with Crippen LogP contribution in [0.2, 0.25) is 0 Å². The minimum Gasteiger partial charge on any atom is -0.384 e. The van der Waals surface area contributed by atoms with E-state index in [1.807, 2.05) is 13.8 Å². The summed E-state index contributed by atoms with van der Waals surface area (Å²) in [6.07, 6.45) is 3.24. The smallest absolute Gasteiger partial charge is 0.234 e. The van der Waals surface area contributed by atoms with Crippen molar-refractivity contribution in [3.8, 4) is 0 Å². The van der Waals surface area contributed by atoms with Crippen LogP contribution in [0, 0.1) is 5.92 Å². The number of piperidine rings is 1. The number of primary amides is 1. The Bertz CT molecular complexity index is 269. The van der Waals surface area contributed by atoms with Gasteiger partial charge in [0.05, 0.1) is 12.6 Å². The van der Waals surface area contributed by atoms with E-state index in [4.69, 9.17) is 10.5 Å². The molecular formula is C14H29N3O2. The van der Waals surface area contributed by atoms with Crippen LogP contribution in [0.3, 0.4) is 0 Å². The summed E-state index contributed by atoms with van der Waals surface area (Å²) in [5, 5.41) is 3.23. The van der Waals surface area contributed by atoms with E-state index in [0.29, 0.717) is 5.92 Å². The summed E-state index contributed by atoms with van der Waals surface area (Å²) < 4.78 is 5.23. The molecule has 2 atom stereocenters. The number of nitrogens with one attached hydrogen (secondary N) is 1. The maximum Gasteiger partial charge on any atom is 0.234 e. The zero-order chi connectivity index (χ0) is 14.3. The summed E-state index contributed by atoms with van der Waals surface area (Å²) in [6, 6.07) is 0.0582. The SMILES string of the molecule is COCC1CCCN(CCC(NC(C)C)C(N)=O)C1. The lowest BCUT2D eigenvalue weighted by molar-refractivity contribution is -0.120. The van der Waals surface area contributed by atoms with Crippen LogP contribution in [0.15, 0.2) is 0 Å². The minimum absolute atomic E-state index is 0.220. The van der Waals surface area contributed by atoms with E-state index in [-0.39, 0.29) is 18.0 Å². The summed E-state index contributed by atoms with van der Waals surface area (Å²) in [6.45, 7) is 8.01. The third kappa shape index (κ3) is 6.36. The molecule has 1 heterocycles. The molecule has 0 saturated carbocycles. The van der Waals surface area contributed by atoms with Crippen molar-refractivity contribution in [3.63, 3.8) is 0 Å². The number of rotatable bonds is 8. The van der Waals surface area contributed by atoms with E-state index in [1.54, 1.807) is 7.11 Å². The Morgan fingerprint density at radius 1 is 1.53 bits per heavy atom. The van der Waals surface area contributed by atoms with E-state index < -0.39 is 0 Å². The lowest BCUT2D eigenvalue weighted by atomic mass is 9.98. The number of hydrogen-bond acceptors (Lipinski definition) is 4. The molecule has 0 spiro atoms. The average molecular weight is 271 g/mol. The molecule has 2 unspecified atom stereocenters. The van der Waals surface area contributed by atoms with Crippen LogP contribution in [0.4, 0.5) is 0 Å². The van der Waals surface area contributed by atoms with Gasteiger partial charge in [-0.05, 0) is 31.7 Å². The molecule has 1 amide bonds. The number of nitrogens with zero attached hydrogens (tertiary/aromatic N) is 1. The predicted octanol–water partition coefficient (Wildman–Crippen LogP) is 0.587. The number of ether oxygens (including phenoxy) is 1. The molecule has 0 radical (unpaired) electrons. The predicted molar refractivity (Wildman–Crippen MR) is 76.9 cm³/mol. The summed E-state index contributed by atoms with van der Waals surface area (Å²) in [7, 11) is 1.76. The molecule has 1 fully saturated rings. The Morgan fingerprint density at radius 3 is 2.84 bits per heavy atom. The van der Waals surface area contributed by atoms with Gasteiger partial charge in [0.25, 0.3) is 0 Å². The zero-order valence-corrected chi connectivity index (χ0v) is 12.5. The van der Waals surface area contributed by atoms with Crippen molar-refractivity contribution in [3.05, 3.63) is 0 Å². The molecule has 5 nitrogen and oxygen atoms in total. The lowest BCUT2D eigenvalue weighted by Crippen LogP contribution is -2.47. The first-order valence-corrected chi connectivity index (χ1v) is 7.29. The van der Waals surface area contributed by atoms with Gasteiger partial charge in [0.2, 0.25) is 5.91 Å². The van der Waals surface area contributed by atoms with E-state index in [1.165, 1.54) is 12.8 Å². The zero-order valence-electron chi connectivity index (χ0n) is 12.5. The van der Waals surface area contributed by atoms with Crippen molar-refractivity contribution in [1.82, 2.24) is 10.2 Å². The maximum atomic E-state index is 11.4. The minimum atomic E-state index is -0.251. The van der Waals surface area contributed by atoms with Crippen molar-refractivity contribution >= 4 is 5.91 Å². The monoisotopic (exact) mass is 271 g/mol. The lowest BCUT2D eigenvalue weighted by Gasteiger charge is -2.33. The van der Waals surface area contributed by atoms with E-state index >= 15 is 0 Å². The van der Waals surface area contributed by atoms with Crippen LogP contribution < -0.4 is 11.1 Å². The number of likely N-dealkylation sites (tertiary alicyclic amines) is 1. The Morgan fingerprint density at radius 2 is 2.26 bits per heavy atom. The Labute approximate surface area is 116 Å². The van der Waals surface area contributed by atoms with Gasteiger partial charge in [-0.2, -0.15) is 0 Å². The number of nitrogens with two attached hydrogens (primary N) is 1. The molecule has 3 N–H and O–H groups in total. The second kappa shape index (κ2) is 8.51. The average Bonchev–Trinajstić information content (AvgIpc) is 2.34. The highest BCUT2D eigenvalue weighted by Crippen LogP contribution is 2.17. The standard InChI is InChI=1S/C14H29N3O2/c1-11(2)16-13(14(15)18)6-8-17-7-4-5-12(9-17)10-19-3/h11-13,16H,4-10H2,1-3H3,(H2,15,18). The van der Waals surface area contributed by atoms with Crippen LogP contribution in [-0.4, -0.2) is 56.2 Å². The fourth-order valence-electron chi connectivity index (χ4n) is 2.75. The highest BCUT2D eigenvalue weighted by atomic mass is 16.5. The number of methoxy groups -OCH3 is 1. The van der Waals surface area contributed by atoms with Gasteiger partial charge in [-0.15, -0.1) is 0 Å². The fraction of sp³-hybridized carbons (Fsp3) is 0.929. The summed E-state index contributed by atoms with van der Waals surface area (Å²) in [5.74, 6) is 0.378. The van der Waals surface area contributed by atoms with Gasteiger partial charge in [0.1, 0.15) is 0 Å². The van der Waals surface area contributed by atoms with E-state index in [2.05, 4.69) is 10.2 Å². The Balaban J connectivity index is 2.34. The van der Waals surface area contributed by atoms with Gasteiger partial charge in [0, 0.05) is 26.2 Å². The van der Waals surface area contributed by atoms with Crippen LogP contribution in [0.25, 0.3) is 0 Å². The van der Waals surface area contributed by atoms with Crippen molar-refractivity contribution < 1.29 is 9.53 Å². The molecule has 1 aliphatic rings. The molecule has 112 valence electrons. The quantitative estimate of drug-likeness (QED) is 0.678. The molecule has 1 rings (SSSR count). The first-order valence-electron chi connectivity index (χ1n) is 7.29. The number of amides is 1. The van der Waals surface area contributed by atoms with E-state index in [9.17, 15) is 4.79 Å². The van der Waals surface area contributed by atoms with Crippen LogP contribution in [0.5, 0.6) is 0 Å². The van der Waals surface area contributed by atoms with Gasteiger partial charge in [-0.3, -0.25) is 4.79 Å². The topological polar surface area (TPSA) is 67.6 Å². The summed E-state index contributed by atoms with van der Waals surface area (Å²) >= 11 is 0. The number of carbonyl (C=O) groups is 1. The van der Waals surface area contributed by atoms with Crippen LogP contribution in [-0.2, 0) is 9.53 Å². The third-order valence-electron chi connectivity index (χ3n) is 3.62. The normalized spacial score (nSPS) is 22.6. The Kier molecular flexibility index (Phi) is 7.34. The molecule has 1 aliphatic heterocycles. The molecule has 19 heavy (non-hydrogen) atoms. The second-order valence-corrected chi connectivity index (χ2v) is 5.83. The number of carbonyl (C=O) groups excluding carboxylic acids is 1. The molecule has 0 aliphatic carbocycles. The fourth-order valence-corrected chi connectivity index (χ4v) is 2.75. The van der Waals surface area contributed by atoms with Crippen LogP contribution >= 0.6 is 0 Å². The second-order valence-electron chi connectivity index (χ2n) is 5.83. The van der Waals surface area contributed by atoms with Gasteiger partial charge in [0.15, 0.2) is 0 Å². The highest BCUT2D eigenvalue weighted by Gasteiger charge is 2.22. The first kappa shape index (κ1) is 16.4. The molecule has 0 aromatic carbocycles. The van der Waals surface area contributed by atoms with Gasteiger partial charge in [-0.1, -0.05) is 13.8 Å². The van der Waals surface area contributed by atoms with Crippen molar-refractivity contribution in [2.75, 3.05) is 33.4 Å². The molecule has 5 heteroatoms. The van der Waals surface area contributed by atoms with Gasteiger partial charge < -0.3 is 20.7 Å². The third-order valence-corrected chi connectivity index (χ3v) is 3.62. The maximum absolute atomic E-state index is 11.4. The van der Waals surface area contributed by atoms with Crippen LogP contribution in [0.1, 0.15) is 33.1 Å². The van der Waals surface area contributed by atoms with E-state index in [0.717, 1.165) is 32.7 Å². The van der Waals surface area contributed by atoms with Crippen molar-refractivity contribution in [2.45, 2.75) is 45.2 Å². The molecule has 0 aromatic rings. The molecule has 0 bridgehead atoms. The van der Waals surface area contributed by atoms with Crippen molar-refractivity contribution in [1.29, 1.82) is 0 Å². The van der Waals surface area contributed by atoms with Gasteiger partial charge >= 0.3 is 0 Å². The Hall–Kier alpha value is -0.650. The van der Waals surface area contributed by atoms with Gasteiger partial charge in [-0.25, -0.2) is 0 Å². The summed E-state index contributed by atoms with van der Waals surface area (Å²) in [4.78, 5) is 13.8. The molecule has 1 saturated heterocycles. The molecule has 0 aromatic heterocycles. The highest BCUT2D eigenvalue weighted by molar-refractivity contribution is 5.79. The largest absolute Gasteiger partial charge is 0.384 e. The van der Waals surface area contributed by atoms with Crippen molar-refractivity contribution in [2.24, 2.45) is 11.7 Å². The first-order chi connectivity index (χ1) is 9.02. The summed E-state index contributed by atoms with van der Waals surface area (Å²) in [5.41, 5.74) is 5.44.